The first kappa shape index (κ1) is 13.6. The molecule has 2 aliphatic heterocycles. The van der Waals surface area contributed by atoms with Gasteiger partial charge in [0.2, 0.25) is 0 Å². The van der Waals surface area contributed by atoms with Gasteiger partial charge in [-0.15, -0.1) is 0 Å². The number of alkyl carbamates (subject to hydrolysis) is 1. The number of nitrogens with two attached hydrogens (primary N) is 1. The topological polar surface area (TPSA) is 82.8 Å². The number of carbonyl (C=O) groups excluding carboxylic acids is 1. The molecule has 0 spiro atoms. The molecule has 0 aromatic rings. The molecular formula is C12H22N2O4. The zero-order chi connectivity index (χ0) is 13.3. The third-order valence-electron chi connectivity index (χ3n) is 3.16. The molecule has 4 atom stereocenters. The van der Waals surface area contributed by atoms with Gasteiger partial charge in [-0.3, -0.25) is 0 Å². The van der Waals surface area contributed by atoms with Gasteiger partial charge in [0.05, 0.1) is 25.4 Å². The highest BCUT2D eigenvalue weighted by Gasteiger charge is 2.47. The summed E-state index contributed by atoms with van der Waals surface area (Å²) in [5, 5.41) is 2.80. The van der Waals surface area contributed by atoms with Crippen LogP contribution in [0, 0.1) is 5.92 Å². The highest BCUT2D eigenvalue weighted by atomic mass is 16.6. The van der Waals surface area contributed by atoms with E-state index >= 15 is 0 Å². The molecule has 0 radical (unpaired) electrons. The summed E-state index contributed by atoms with van der Waals surface area (Å²) in [6.45, 7) is 7.08. The van der Waals surface area contributed by atoms with Crippen LogP contribution in [0.2, 0.25) is 0 Å². The maximum atomic E-state index is 11.7. The van der Waals surface area contributed by atoms with Crippen molar-refractivity contribution in [3.05, 3.63) is 0 Å². The van der Waals surface area contributed by atoms with Crippen LogP contribution in [0.4, 0.5) is 4.79 Å². The van der Waals surface area contributed by atoms with Gasteiger partial charge in [-0.1, -0.05) is 0 Å². The van der Waals surface area contributed by atoms with Gasteiger partial charge in [-0.25, -0.2) is 4.79 Å². The van der Waals surface area contributed by atoms with Gasteiger partial charge >= 0.3 is 6.09 Å². The molecule has 0 aromatic carbocycles. The molecule has 0 aromatic heterocycles. The molecular weight excluding hydrogens is 236 g/mol. The van der Waals surface area contributed by atoms with Gasteiger partial charge in [-0.2, -0.15) is 0 Å². The van der Waals surface area contributed by atoms with Crippen LogP contribution < -0.4 is 11.1 Å². The average Bonchev–Trinajstić information content (AvgIpc) is 2.78. The largest absolute Gasteiger partial charge is 0.444 e. The molecule has 104 valence electrons. The van der Waals surface area contributed by atoms with Crippen molar-refractivity contribution in [3.63, 3.8) is 0 Å². The van der Waals surface area contributed by atoms with Gasteiger partial charge in [0.25, 0.3) is 0 Å². The van der Waals surface area contributed by atoms with Gasteiger partial charge in [0.15, 0.2) is 0 Å². The van der Waals surface area contributed by atoms with E-state index in [2.05, 4.69) is 5.32 Å². The van der Waals surface area contributed by atoms with E-state index in [1.165, 1.54) is 0 Å². The lowest BCUT2D eigenvalue weighted by Gasteiger charge is -2.23. The fraction of sp³-hybridized carbons (Fsp3) is 0.917. The number of hydrogen-bond acceptors (Lipinski definition) is 5. The first-order valence-corrected chi connectivity index (χ1v) is 6.33. The molecule has 2 rings (SSSR count). The average molecular weight is 258 g/mol. The molecule has 2 aliphatic rings. The molecule has 18 heavy (non-hydrogen) atoms. The predicted molar refractivity (Wildman–Crippen MR) is 65.2 cm³/mol. The smallest absolute Gasteiger partial charge is 0.408 e. The van der Waals surface area contributed by atoms with Crippen molar-refractivity contribution in [2.24, 2.45) is 11.7 Å². The first-order chi connectivity index (χ1) is 8.40. The van der Waals surface area contributed by atoms with Crippen LogP contribution in [0.15, 0.2) is 0 Å². The number of ether oxygens (including phenoxy) is 3. The fourth-order valence-electron chi connectivity index (χ4n) is 2.36. The lowest BCUT2D eigenvalue weighted by Crippen LogP contribution is -2.46. The molecule has 1 amide bonds. The van der Waals surface area contributed by atoms with E-state index in [-0.39, 0.29) is 24.2 Å². The second-order valence-corrected chi connectivity index (χ2v) is 5.84. The highest BCUT2D eigenvalue weighted by molar-refractivity contribution is 5.68. The Labute approximate surface area is 107 Å². The molecule has 2 fully saturated rings. The minimum atomic E-state index is -0.501. The molecule has 2 heterocycles. The number of amides is 1. The summed E-state index contributed by atoms with van der Waals surface area (Å²) in [4.78, 5) is 11.7. The minimum absolute atomic E-state index is 0.00469. The van der Waals surface area contributed by atoms with Crippen molar-refractivity contribution in [2.45, 2.75) is 44.6 Å². The molecule has 0 unspecified atom stereocenters. The van der Waals surface area contributed by atoms with Gasteiger partial charge in [-0.05, 0) is 27.3 Å². The second-order valence-electron chi connectivity index (χ2n) is 5.84. The van der Waals surface area contributed by atoms with Gasteiger partial charge < -0.3 is 25.3 Å². The Balaban J connectivity index is 1.87. The van der Waals surface area contributed by atoms with Crippen LogP contribution in [0.3, 0.4) is 0 Å². The second kappa shape index (κ2) is 5.03. The van der Waals surface area contributed by atoms with E-state index in [9.17, 15) is 4.79 Å². The lowest BCUT2D eigenvalue weighted by molar-refractivity contribution is 0.0405. The number of nitrogens with one attached hydrogen (secondary N) is 1. The van der Waals surface area contributed by atoms with Crippen LogP contribution in [0.25, 0.3) is 0 Å². The summed E-state index contributed by atoms with van der Waals surface area (Å²) in [5.41, 5.74) is 5.15. The van der Waals surface area contributed by atoms with E-state index < -0.39 is 11.7 Å². The van der Waals surface area contributed by atoms with Crippen LogP contribution in [-0.4, -0.2) is 49.7 Å². The highest BCUT2D eigenvalue weighted by Crippen LogP contribution is 2.30. The third kappa shape index (κ3) is 2.93. The number of hydrogen-bond donors (Lipinski definition) is 2. The molecule has 2 saturated heterocycles. The maximum Gasteiger partial charge on any atom is 0.408 e. The Morgan fingerprint density at radius 2 is 2.00 bits per heavy atom. The van der Waals surface area contributed by atoms with Crippen LogP contribution in [0.5, 0.6) is 0 Å². The SMILES string of the molecule is CC(C)(C)OC(=O)N[C@H]1CO[C@@H]2[C@@H](CN)CO[C@@H]21. The quantitative estimate of drug-likeness (QED) is 0.742. The van der Waals surface area contributed by atoms with E-state index in [0.29, 0.717) is 19.8 Å². The van der Waals surface area contributed by atoms with E-state index in [0.717, 1.165) is 0 Å². The summed E-state index contributed by atoms with van der Waals surface area (Å²) in [6.07, 6.45) is -0.544. The normalized spacial score (nSPS) is 35.3. The molecule has 3 N–H and O–H groups in total. The summed E-state index contributed by atoms with van der Waals surface area (Å²) >= 11 is 0. The maximum absolute atomic E-state index is 11.7. The van der Waals surface area contributed by atoms with Crippen LogP contribution >= 0.6 is 0 Å². The predicted octanol–water partition coefficient (Wildman–Crippen LogP) is 0.252. The number of rotatable bonds is 2. The summed E-state index contributed by atoms with van der Waals surface area (Å²) in [5.74, 6) is 0.223. The van der Waals surface area contributed by atoms with Gasteiger partial charge in [0, 0.05) is 5.92 Å². The molecule has 0 bridgehead atoms. The molecule has 6 nitrogen and oxygen atoms in total. The Hall–Kier alpha value is -0.850. The third-order valence-corrected chi connectivity index (χ3v) is 3.16. The van der Waals surface area contributed by atoms with Crippen LogP contribution in [-0.2, 0) is 14.2 Å². The van der Waals surface area contributed by atoms with E-state index in [1.54, 1.807) is 0 Å². The van der Waals surface area contributed by atoms with Crippen molar-refractivity contribution in [1.82, 2.24) is 5.32 Å². The Morgan fingerprint density at radius 3 is 2.61 bits per heavy atom. The van der Waals surface area contributed by atoms with Crippen molar-refractivity contribution >= 4 is 6.09 Å². The first-order valence-electron chi connectivity index (χ1n) is 6.33. The monoisotopic (exact) mass is 258 g/mol. The molecule has 0 saturated carbocycles. The Kier molecular flexibility index (Phi) is 3.79. The van der Waals surface area contributed by atoms with Crippen molar-refractivity contribution < 1.29 is 19.0 Å². The van der Waals surface area contributed by atoms with E-state index in [4.69, 9.17) is 19.9 Å². The van der Waals surface area contributed by atoms with Crippen molar-refractivity contribution in [1.29, 1.82) is 0 Å². The van der Waals surface area contributed by atoms with Crippen molar-refractivity contribution in [3.8, 4) is 0 Å². The molecule has 6 heteroatoms. The van der Waals surface area contributed by atoms with E-state index in [1.807, 2.05) is 20.8 Å². The minimum Gasteiger partial charge on any atom is -0.444 e. The van der Waals surface area contributed by atoms with Gasteiger partial charge in [0.1, 0.15) is 11.7 Å². The Bertz CT molecular complexity index is 316. The zero-order valence-electron chi connectivity index (χ0n) is 11.1. The fourth-order valence-corrected chi connectivity index (χ4v) is 2.36. The summed E-state index contributed by atoms with van der Waals surface area (Å²) < 4.78 is 16.5. The lowest BCUT2D eigenvalue weighted by atomic mass is 10.0. The number of carbonyl (C=O) groups is 1. The Morgan fingerprint density at radius 1 is 1.33 bits per heavy atom. The van der Waals surface area contributed by atoms with Crippen molar-refractivity contribution in [2.75, 3.05) is 19.8 Å². The summed E-state index contributed by atoms with van der Waals surface area (Å²) in [7, 11) is 0. The van der Waals surface area contributed by atoms with Crippen LogP contribution in [0.1, 0.15) is 20.8 Å². The number of fused-ring (bicyclic) bond motifs is 1. The standard InChI is InChI=1S/C12H22N2O4/c1-12(2,3)18-11(15)14-8-6-17-9-7(4-13)5-16-10(8)9/h7-10H,4-6,13H2,1-3H3,(H,14,15)/t7-,8-,9+,10+/m0/s1. The molecule has 0 aliphatic carbocycles. The zero-order valence-corrected chi connectivity index (χ0v) is 11.1. The summed E-state index contributed by atoms with van der Waals surface area (Å²) in [6, 6.07) is -0.151.